The minimum Gasteiger partial charge on any atom is -0.489 e. The minimum absolute atomic E-state index is 0.0588. The fourth-order valence-corrected chi connectivity index (χ4v) is 7.59. The van der Waals surface area contributed by atoms with Gasteiger partial charge in [-0.1, -0.05) is 54.6 Å². The molecule has 64 heavy (non-hydrogen) atoms. The van der Waals surface area contributed by atoms with E-state index in [9.17, 15) is 33.9 Å². The van der Waals surface area contributed by atoms with Crippen LogP contribution in [0.2, 0.25) is 0 Å². The molecule has 3 aromatic carbocycles. The summed E-state index contributed by atoms with van der Waals surface area (Å²) in [6, 6.07) is 23.4. The van der Waals surface area contributed by atoms with Gasteiger partial charge in [0.05, 0.1) is 6.42 Å². The Morgan fingerprint density at radius 1 is 0.766 bits per heavy atom. The van der Waals surface area contributed by atoms with Gasteiger partial charge in [-0.3, -0.25) is 14.4 Å². The van der Waals surface area contributed by atoms with E-state index in [1.165, 1.54) is 35.6 Å². The van der Waals surface area contributed by atoms with Crippen molar-refractivity contribution in [2.24, 2.45) is 4.99 Å². The van der Waals surface area contributed by atoms with Crippen molar-refractivity contribution in [3.63, 3.8) is 0 Å². The van der Waals surface area contributed by atoms with Crippen molar-refractivity contribution in [1.82, 2.24) is 15.1 Å². The van der Waals surface area contributed by atoms with Crippen LogP contribution >= 0.6 is 11.3 Å². The molecule has 5 rings (SSSR count). The molecule has 1 aromatic heterocycles. The normalized spacial score (nSPS) is 13.5. The smallest absolute Gasteiger partial charge is 0.436 e. The number of carbonyl (C=O) groups excluding carboxylic acids is 5. The van der Waals surface area contributed by atoms with Crippen LogP contribution in [0.15, 0.2) is 89.9 Å². The Morgan fingerprint density at radius 3 is 1.91 bits per heavy atom. The van der Waals surface area contributed by atoms with Crippen LogP contribution in [0, 0.1) is 0 Å². The van der Waals surface area contributed by atoms with Gasteiger partial charge in [0.1, 0.15) is 35.2 Å². The molecule has 4 aromatic rings. The maximum Gasteiger partial charge on any atom is 0.436 e. The highest BCUT2D eigenvalue weighted by molar-refractivity contribution is 7.12. The number of fused-ring (bicyclic) bond motifs is 1. The van der Waals surface area contributed by atoms with Crippen molar-refractivity contribution in [1.29, 1.82) is 0 Å². The number of hydrogen-bond donors (Lipinski definition) is 2. The number of nitrogens with one attached hydrogen (secondary N) is 1. The van der Waals surface area contributed by atoms with E-state index in [1.54, 1.807) is 79.3 Å². The summed E-state index contributed by atoms with van der Waals surface area (Å²) >= 11 is 1.43. The second kappa shape index (κ2) is 20.3. The molecule has 0 unspecified atom stereocenters. The molecule has 15 nitrogen and oxygen atoms in total. The molecule has 0 fully saturated rings. The largest absolute Gasteiger partial charge is 0.489 e. The first kappa shape index (κ1) is 48.5. The fraction of sp³-hybridized carbons (Fsp3) is 0.396. The van der Waals surface area contributed by atoms with Gasteiger partial charge in [-0.2, -0.15) is 9.89 Å². The number of imide groups is 1. The van der Waals surface area contributed by atoms with Crippen LogP contribution in [0.4, 0.5) is 14.4 Å². The molecule has 0 bridgehead atoms. The van der Waals surface area contributed by atoms with Crippen LogP contribution in [0.25, 0.3) is 0 Å². The van der Waals surface area contributed by atoms with Gasteiger partial charge in [0.15, 0.2) is 5.84 Å². The number of hydrogen-bond acceptors (Lipinski definition) is 11. The highest BCUT2D eigenvalue weighted by Crippen LogP contribution is 2.29. The first-order valence-corrected chi connectivity index (χ1v) is 21.6. The maximum atomic E-state index is 14.4. The molecule has 1 atom stereocenters. The number of aliphatic carboxylic acids is 1. The average molecular weight is 897 g/mol. The topological polar surface area (TPSA) is 190 Å². The van der Waals surface area contributed by atoms with Crippen LogP contribution in [-0.4, -0.2) is 86.2 Å². The van der Waals surface area contributed by atoms with Crippen molar-refractivity contribution < 1.29 is 52.8 Å². The molecule has 0 aliphatic carbocycles. The summed E-state index contributed by atoms with van der Waals surface area (Å²) in [4.78, 5) is 88.3. The summed E-state index contributed by atoms with van der Waals surface area (Å²) in [7, 11) is 0. The predicted molar refractivity (Wildman–Crippen MR) is 240 cm³/mol. The van der Waals surface area contributed by atoms with E-state index in [4.69, 9.17) is 18.9 Å². The first-order valence-electron chi connectivity index (χ1n) is 20.8. The summed E-state index contributed by atoms with van der Waals surface area (Å²) in [5, 5.41) is 12.3. The van der Waals surface area contributed by atoms with Gasteiger partial charge in [0.2, 0.25) is 5.91 Å². The molecule has 2 heterocycles. The molecule has 2 N–H and O–H groups in total. The quantitative estimate of drug-likeness (QED) is 0.0832. The van der Waals surface area contributed by atoms with Gasteiger partial charge in [-0.05, 0) is 116 Å². The van der Waals surface area contributed by atoms with Crippen molar-refractivity contribution >= 4 is 53.2 Å². The van der Waals surface area contributed by atoms with Gasteiger partial charge in [-0.15, -0.1) is 11.3 Å². The van der Waals surface area contributed by atoms with Crippen molar-refractivity contribution in [3.8, 4) is 5.75 Å². The highest BCUT2D eigenvalue weighted by Gasteiger charge is 2.37. The van der Waals surface area contributed by atoms with E-state index in [0.29, 0.717) is 35.1 Å². The Labute approximate surface area is 377 Å². The summed E-state index contributed by atoms with van der Waals surface area (Å²) in [6.07, 6.45) is -2.89. The number of carbonyl (C=O) groups is 6. The third-order valence-electron chi connectivity index (χ3n) is 9.13. The average Bonchev–Trinajstić information content (AvgIpc) is 3.59. The lowest BCUT2D eigenvalue weighted by Crippen LogP contribution is -2.50. The number of amidine groups is 1. The number of nitrogens with zero attached hydrogens (tertiary/aromatic N) is 3. The fourth-order valence-electron chi connectivity index (χ4n) is 6.43. The van der Waals surface area contributed by atoms with E-state index in [2.05, 4.69) is 10.3 Å². The Bertz CT molecular complexity index is 2330. The van der Waals surface area contributed by atoms with E-state index in [1.807, 2.05) is 48.5 Å². The molecule has 5 amide bonds. The molecule has 16 heteroatoms. The van der Waals surface area contributed by atoms with Crippen LogP contribution in [0.5, 0.6) is 5.75 Å². The summed E-state index contributed by atoms with van der Waals surface area (Å²) < 4.78 is 22.5. The second-order valence-corrected chi connectivity index (χ2v) is 19.4. The number of carboxylic acids is 1. The Morgan fingerprint density at radius 2 is 1.34 bits per heavy atom. The molecular weight excluding hydrogens is 841 g/mol. The van der Waals surface area contributed by atoms with Crippen LogP contribution in [0.1, 0.15) is 105 Å². The van der Waals surface area contributed by atoms with Crippen LogP contribution < -0.4 is 10.1 Å². The highest BCUT2D eigenvalue weighted by atomic mass is 32.1. The third kappa shape index (κ3) is 14.5. The van der Waals surface area contributed by atoms with Gasteiger partial charge < -0.3 is 34.3 Å². The van der Waals surface area contributed by atoms with Crippen molar-refractivity contribution in [3.05, 3.63) is 123 Å². The number of amides is 5. The predicted octanol–water partition coefficient (Wildman–Crippen LogP) is 8.73. The maximum absolute atomic E-state index is 14.4. The monoisotopic (exact) mass is 896 g/mol. The number of benzene rings is 3. The molecule has 0 saturated heterocycles. The zero-order valence-corrected chi connectivity index (χ0v) is 38.5. The van der Waals surface area contributed by atoms with Gasteiger partial charge in [-0.25, -0.2) is 14.4 Å². The Kier molecular flexibility index (Phi) is 15.4. The lowest BCUT2D eigenvalue weighted by atomic mass is 10.0. The van der Waals surface area contributed by atoms with Crippen molar-refractivity contribution in [2.75, 3.05) is 6.54 Å². The zero-order valence-electron chi connectivity index (χ0n) is 37.7. The summed E-state index contributed by atoms with van der Waals surface area (Å²) in [5.74, 6) is -1.72. The number of thiophene rings is 1. The number of carboxylic acid groups (broad SMARTS) is 1. The Hall–Kier alpha value is -6.55. The van der Waals surface area contributed by atoms with Crippen LogP contribution in [-0.2, 0) is 56.2 Å². The molecule has 0 radical (unpaired) electrons. The number of rotatable bonds is 11. The van der Waals surface area contributed by atoms with E-state index in [0.717, 1.165) is 21.6 Å². The number of ether oxygens (including phenoxy) is 4. The molecule has 1 aliphatic heterocycles. The number of aliphatic imine (C=N–C) groups is 1. The standard InChI is InChI=1S/C48H56N4O11S/c1-46(2,3)61-43(57)50-40(52(44(58)62-47(4,5)6)45(59)63-48(7,8)9)32-17-19-33(20-18-32)41(55)49-37(25-30-15-21-35(22-16-30)60-29-31-13-11-10-12-14-31)42(56)51-24-23-38-34(28-51)26-36(64-38)27-39(53)54/h10-22,26,37H,23-25,27-29H2,1-9H3,(H,49,55)(H,53,54)/t37-/m0/s1. The minimum atomic E-state index is -1.17. The molecular formula is C48H56N4O11S. The SMILES string of the molecule is CC(C)(C)OC(=O)N=C(c1ccc(C(=O)N[C@@H](Cc2ccc(OCc3ccccc3)cc2)C(=O)N2CCc3sc(CC(=O)O)cc3C2)cc1)N(C(=O)OC(C)(C)C)C(=O)OC(C)(C)C. The third-order valence-corrected chi connectivity index (χ3v) is 10.4. The van der Waals surface area contributed by atoms with E-state index >= 15 is 0 Å². The first-order chi connectivity index (χ1) is 29.9. The molecule has 1 aliphatic rings. The van der Waals surface area contributed by atoms with E-state index < -0.39 is 58.8 Å². The molecule has 0 saturated carbocycles. The van der Waals surface area contributed by atoms with Gasteiger partial charge in [0.25, 0.3) is 5.91 Å². The second-order valence-electron chi connectivity index (χ2n) is 18.2. The molecule has 0 spiro atoms. The molecule has 340 valence electrons. The van der Waals surface area contributed by atoms with Gasteiger partial charge >= 0.3 is 24.2 Å². The summed E-state index contributed by atoms with van der Waals surface area (Å²) in [6.45, 7) is 15.5. The van der Waals surface area contributed by atoms with Gasteiger partial charge in [0, 0.05) is 40.4 Å². The summed E-state index contributed by atoms with van der Waals surface area (Å²) in [5.41, 5.74) is -0.301. The zero-order chi connectivity index (χ0) is 47.0. The van der Waals surface area contributed by atoms with E-state index in [-0.39, 0.29) is 36.4 Å². The lowest BCUT2D eigenvalue weighted by Gasteiger charge is -2.31. The Balaban J connectivity index is 1.44. The lowest BCUT2D eigenvalue weighted by molar-refractivity contribution is -0.136. The van der Waals surface area contributed by atoms with Crippen LogP contribution in [0.3, 0.4) is 0 Å². The van der Waals surface area contributed by atoms with Crippen molar-refractivity contribution in [2.45, 2.75) is 118 Å².